The molecule has 0 saturated carbocycles. The van der Waals surface area contributed by atoms with Crippen LogP contribution in [0.1, 0.15) is 62.8 Å². The van der Waals surface area contributed by atoms with Crippen LogP contribution in [-0.4, -0.2) is 54.5 Å². The summed E-state index contributed by atoms with van der Waals surface area (Å²) in [7, 11) is 0. The smallest absolute Gasteiger partial charge is 0.222 e. The third-order valence-corrected chi connectivity index (χ3v) is 7.82. The molecular formula is C28H35F2N3O. The van der Waals surface area contributed by atoms with Crippen molar-refractivity contribution in [1.29, 1.82) is 0 Å². The number of rotatable bonds is 8. The van der Waals surface area contributed by atoms with Crippen molar-refractivity contribution in [3.63, 3.8) is 0 Å². The third-order valence-electron chi connectivity index (χ3n) is 7.82. The number of likely N-dealkylation sites (tertiary alicyclic amines) is 2. The molecule has 0 bridgehead atoms. The number of carbonyl (C=O) groups is 1. The molecule has 6 heteroatoms. The zero-order chi connectivity index (χ0) is 23.5. The van der Waals surface area contributed by atoms with E-state index in [1.54, 1.807) is 6.07 Å². The second-order valence-corrected chi connectivity index (χ2v) is 10.1. The first-order valence-electron chi connectivity index (χ1n) is 12.9. The quantitative estimate of drug-likeness (QED) is 0.456. The largest absolute Gasteiger partial charge is 0.343 e. The fourth-order valence-electron chi connectivity index (χ4n) is 6.07. The van der Waals surface area contributed by atoms with E-state index in [9.17, 15) is 13.6 Å². The van der Waals surface area contributed by atoms with Gasteiger partial charge in [0.2, 0.25) is 5.91 Å². The van der Waals surface area contributed by atoms with Crippen LogP contribution < -0.4 is 4.90 Å². The molecule has 2 aromatic rings. The van der Waals surface area contributed by atoms with E-state index in [2.05, 4.69) is 9.80 Å². The maximum Gasteiger partial charge on any atom is 0.222 e. The van der Waals surface area contributed by atoms with Crippen molar-refractivity contribution in [2.45, 2.75) is 63.3 Å². The van der Waals surface area contributed by atoms with E-state index in [4.69, 9.17) is 0 Å². The molecule has 3 aliphatic rings. The van der Waals surface area contributed by atoms with E-state index in [0.717, 1.165) is 94.6 Å². The van der Waals surface area contributed by atoms with Gasteiger partial charge < -0.3 is 14.7 Å². The molecule has 0 radical (unpaired) electrons. The van der Waals surface area contributed by atoms with Crippen LogP contribution in [0.25, 0.3) is 0 Å². The topological polar surface area (TPSA) is 26.8 Å². The van der Waals surface area contributed by atoms with Crippen molar-refractivity contribution in [2.75, 3.05) is 37.6 Å². The van der Waals surface area contributed by atoms with Gasteiger partial charge in [0.25, 0.3) is 0 Å². The first kappa shape index (κ1) is 23.3. The molecule has 2 atom stereocenters. The predicted octanol–water partition coefficient (Wildman–Crippen LogP) is 5.85. The Balaban J connectivity index is 1.15. The number of piperidine rings is 2. The number of carbonyl (C=O) groups excluding carboxylic acids is 1. The predicted molar refractivity (Wildman–Crippen MR) is 131 cm³/mol. The highest BCUT2D eigenvalue weighted by atomic mass is 19.1. The Bertz CT molecular complexity index is 996. The molecular weight excluding hydrogens is 432 g/mol. The number of amides is 1. The molecule has 182 valence electrons. The second kappa shape index (κ2) is 10.4. The monoisotopic (exact) mass is 467 g/mol. The van der Waals surface area contributed by atoms with Crippen molar-refractivity contribution in [3.05, 3.63) is 59.7 Å². The van der Waals surface area contributed by atoms with Crippen LogP contribution in [0.5, 0.6) is 0 Å². The van der Waals surface area contributed by atoms with Gasteiger partial charge in [-0.3, -0.25) is 4.79 Å². The SMILES string of the molecule is O=C1CCCCN1CCCCCCN1CC[C@@H]2[C@@H](C1)c1cc(F)ccc1N2c1ccc(F)cc1. The van der Waals surface area contributed by atoms with E-state index in [0.29, 0.717) is 5.91 Å². The first-order valence-corrected chi connectivity index (χ1v) is 12.9. The molecule has 2 aromatic carbocycles. The maximum atomic E-state index is 14.2. The van der Waals surface area contributed by atoms with Crippen molar-refractivity contribution in [2.24, 2.45) is 0 Å². The van der Waals surface area contributed by atoms with Gasteiger partial charge in [-0.2, -0.15) is 0 Å². The number of benzene rings is 2. The minimum Gasteiger partial charge on any atom is -0.343 e. The summed E-state index contributed by atoms with van der Waals surface area (Å²) in [5.41, 5.74) is 3.10. The fourth-order valence-corrected chi connectivity index (χ4v) is 6.07. The number of anilines is 2. The van der Waals surface area contributed by atoms with Crippen LogP contribution in [0.15, 0.2) is 42.5 Å². The molecule has 0 aliphatic carbocycles. The number of unbranched alkanes of at least 4 members (excludes halogenated alkanes) is 3. The Labute approximate surface area is 201 Å². The molecule has 5 rings (SSSR count). The van der Waals surface area contributed by atoms with Crippen molar-refractivity contribution >= 4 is 17.3 Å². The van der Waals surface area contributed by atoms with E-state index in [1.807, 2.05) is 23.1 Å². The lowest BCUT2D eigenvalue weighted by Gasteiger charge is -2.39. The number of fused-ring (bicyclic) bond motifs is 3. The van der Waals surface area contributed by atoms with Gasteiger partial charge in [-0.1, -0.05) is 12.8 Å². The number of halogens is 2. The zero-order valence-electron chi connectivity index (χ0n) is 19.9. The highest BCUT2D eigenvalue weighted by molar-refractivity contribution is 5.76. The molecule has 0 N–H and O–H groups in total. The first-order chi connectivity index (χ1) is 16.6. The standard InChI is InChI=1S/C28H35F2N3O/c29-21-8-11-23(12-9-21)33-26-13-10-22(30)19-24(26)25-20-31(18-14-27(25)33)15-4-1-2-5-16-32-17-6-3-7-28(32)34/h8-13,19,25,27H,1-7,14-18,20H2/t25-,27+/m0/s1. The Morgan fingerprint density at radius 1 is 0.853 bits per heavy atom. The summed E-state index contributed by atoms with van der Waals surface area (Å²) in [6.45, 7) is 4.87. The second-order valence-electron chi connectivity index (χ2n) is 10.1. The van der Waals surface area contributed by atoms with E-state index in [-0.39, 0.29) is 23.6 Å². The minimum absolute atomic E-state index is 0.192. The summed E-state index contributed by atoms with van der Waals surface area (Å²) in [5.74, 6) is 0.158. The molecule has 34 heavy (non-hydrogen) atoms. The average molecular weight is 468 g/mol. The summed E-state index contributed by atoms with van der Waals surface area (Å²) >= 11 is 0. The molecule has 4 nitrogen and oxygen atoms in total. The van der Waals surface area contributed by atoms with Crippen LogP contribution >= 0.6 is 0 Å². The Morgan fingerprint density at radius 2 is 1.62 bits per heavy atom. The van der Waals surface area contributed by atoms with Crippen LogP contribution in [-0.2, 0) is 4.79 Å². The molecule has 0 spiro atoms. The van der Waals surface area contributed by atoms with Gasteiger partial charge in [0, 0.05) is 55.9 Å². The van der Waals surface area contributed by atoms with Gasteiger partial charge in [-0.25, -0.2) is 8.78 Å². The lowest BCUT2D eigenvalue weighted by atomic mass is 9.88. The summed E-state index contributed by atoms with van der Waals surface area (Å²) in [5, 5.41) is 0. The lowest BCUT2D eigenvalue weighted by molar-refractivity contribution is -0.133. The van der Waals surface area contributed by atoms with E-state index >= 15 is 0 Å². The van der Waals surface area contributed by atoms with Crippen molar-refractivity contribution < 1.29 is 13.6 Å². The molecule has 0 aromatic heterocycles. The summed E-state index contributed by atoms with van der Waals surface area (Å²) in [4.78, 5) is 18.8. The van der Waals surface area contributed by atoms with Crippen LogP contribution in [0, 0.1) is 11.6 Å². The molecule has 2 fully saturated rings. The van der Waals surface area contributed by atoms with Gasteiger partial charge in [0.05, 0.1) is 0 Å². The average Bonchev–Trinajstić information content (AvgIpc) is 3.16. The van der Waals surface area contributed by atoms with Gasteiger partial charge in [-0.15, -0.1) is 0 Å². The highest BCUT2D eigenvalue weighted by Crippen LogP contribution is 2.48. The van der Waals surface area contributed by atoms with E-state index < -0.39 is 0 Å². The summed E-state index contributed by atoms with van der Waals surface area (Å²) < 4.78 is 27.7. The number of nitrogens with zero attached hydrogens (tertiary/aromatic N) is 3. The molecule has 3 aliphatic heterocycles. The Morgan fingerprint density at radius 3 is 2.41 bits per heavy atom. The lowest BCUT2D eigenvalue weighted by Crippen LogP contribution is -2.45. The molecule has 2 saturated heterocycles. The highest BCUT2D eigenvalue weighted by Gasteiger charge is 2.42. The zero-order valence-corrected chi connectivity index (χ0v) is 19.9. The molecule has 0 unspecified atom stereocenters. The molecule has 1 amide bonds. The normalized spacial score (nSPS) is 22.7. The number of hydrogen-bond donors (Lipinski definition) is 0. The molecule has 3 heterocycles. The van der Waals surface area contributed by atoms with Crippen molar-refractivity contribution in [1.82, 2.24) is 9.80 Å². The van der Waals surface area contributed by atoms with Crippen LogP contribution in [0.3, 0.4) is 0 Å². The number of hydrogen-bond acceptors (Lipinski definition) is 3. The summed E-state index contributed by atoms with van der Waals surface area (Å²) in [6.07, 6.45) is 8.52. The van der Waals surface area contributed by atoms with Crippen LogP contribution in [0.2, 0.25) is 0 Å². The van der Waals surface area contributed by atoms with Gasteiger partial charge in [-0.05, 0) is 86.7 Å². The van der Waals surface area contributed by atoms with Gasteiger partial charge in [0.15, 0.2) is 0 Å². The van der Waals surface area contributed by atoms with Gasteiger partial charge >= 0.3 is 0 Å². The fraction of sp³-hybridized carbons (Fsp3) is 0.536. The minimum atomic E-state index is -0.240. The summed E-state index contributed by atoms with van der Waals surface area (Å²) in [6, 6.07) is 12.0. The Hall–Kier alpha value is -2.47. The van der Waals surface area contributed by atoms with Gasteiger partial charge in [0.1, 0.15) is 11.6 Å². The van der Waals surface area contributed by atoms with E-state index in [1.165, 1.54) is 24.6 Å². The van der Waals surface area contributed by atoms with Crippen LogP contribution in [0.4, 0.5) is 20.2 Å². The third kappa shape index (κ3) is 4.97. The van der Waals surface area contributed by atoms with Crippen molar-refractivity contribution in [3.8, 4) is 0 Å². The maximum absolute atomic E-state index is 14.2. The Kier molecular flexibility index (Phi) is 7.14.